The third-order valence-corrected chi connectivity index (χ3v) is 7.42. The molecule has 4 saturated carbocycles. The lowest BCUT2D eigenvalue weighted by Crippen LogP contribution is -2.59. The molecule has 0 saturated heterocycles. The minimum Gasteiger partial charge on any atom is -0.489 e. The van der Waals surface area contributed by atoms with Crippen LogP contribution in [0.1, 0.15) is 53.8 Å². The van der Waals surface area contributed by atoms with E-state index in [1.807, 2.05) is 41.8 Å². The summed E-state index contributed by atoms with van der Waals surface area (Å²) >= 11 is 1.53. The van der Waals surface area contributed by atoms with Gasteiger partial charge in [0.05, 0.1) is 4.88 Å². The maximum Gasteiger partial charge on any atom is 0.261 e. The molecule has 0 atom stereocenters. The Kier molecular flexibility index (Phi) is 4.04. The molecule has 4 aliphatic carbocycles. The first-order valence-corrected chi connectivity index (χ1v) is 10.6. The summed E-state index contributed by atoms with van der Waals surface area (Å²) in [6.45, 7) is 0.505. The lowest BCUT2D eigenvalue weighted by atomic mass is 9.53. The van der Waals surface area contributed by atoms with Gasteiger partial charge in [0.15, 0.2) is 0 Å². The van der Waals surface area contributed by atoms with Crippen molar-refractivity contribution in [3.05, 3.63) is 52.2 Å². The zero-order valence-electron chi connectivity index (χ0n) is 14.9. The zero-order valence-corrected chi connectivity index (χ0v) is 15.8. The van der Waals surface area contributed by atoms with Gasteiger partial charge in [0.1, 0.15) is 12.4 Å². The Morgan fingerprint density at radius 2 is 1.73 bits per heavy atom. The molecule has 1 aromatic heterocycles. The van der Waals surface area contributed by atoms with E-state index >= 15 is 0 Å². The van der Waals surface area contributed by atoms with Gasteiger partial charge in [-0.15, -0.1) is 11.3 Å². The Morgan fingerprint density at radius 1 is 1.08 bits per heavy atom. The molecule has 4 fully saturated rings. The summed E-state index contributed by atoms with van der Waals surface area (Å²) in [5.41, 5.74) is 1.14. The Morgan fingerprint density at radius 3 is 2.38 bits per heavy atom. The molecule has 4 bridgehead atoms. The predicted molar refractivity (Wildman–Crippen MR) is 103 cm³/mol. The van der Waals surface area contributed by atoms with Crippen molar-refractivity contribution >= 4 is 17.2 Å². The second-order valence-electron chi connectivity index (χ2n) is 8.57. The Hall–Kier alpha value is -1.81. The summed E-state index contributed by atoms with van der Waals surface area (Å²) < 4.78 is 5.79. The van der Waals surface area contributed by atoms with Crippen LogP contribution >= 0.6 is 11.3 Å². The van der Waals surface area contributed by atoms with Gasteiger partial charge in [0.25, 0.3) is 5.91 Å². The highest BCUT2D eigenvalue weighted by molar-refractivity contribution is 7.12. The van der Waals surface area contributed by atoms with Gasteiger partial charge in [0, 0.05) is 11.1 Å². The van der Waals surface area contributed by atoms with Crippen LogP contribution in [0.25, 0.3) is 0 Å². The summed E-state index contributed by atoms with van der Waals surface area (Å²) in [7, 11) is 0. The minimum absolute atomic E-state index is 0.0799. The van der Waals surface area contributed by atoms with Crippen molar-refractivity contribution < 1.29 is 9.53 Å². The van der Waals surface area contributed by atoms with Gasteiger partial charge in [-0.05, 0) is 79.9 Å². The van der Waals surface area contributed by atoms with Crippen LogP contribution in [-0.2, 0) is 6.61 Å². The molecule has 4 aliphatic rings. The number of rotatable bonds is 5. The maximum absolute atomic E-state index is 12.9. The zero-order chi connectivity index (χ0) is 17.6. The van der Waals surface area contributed by atoms with Crippen molar-refractivity contribution in [1.82, 2.24) is 5.32 Å². The highest BCUT2D eigenvalue weighted by Gasteiger charge is 2.51. The number of amides is 1. The largest absolute Gasteiger partial charge is 0.489 e. The number of benzene rings is 1. The van der Waals surface area contributed by atoms with E-state index in [2.05, 4.69) is 5.32 Å². The van der Waals surface area contributed by atoms with Crippen LogP contribution in [0, 0.1) is 17.8 Å². The maximum atomic E-state index is 12.9. The van der Waals surface area contributed by atoms with Gasteiger partial charge in [-0.1, -0.05) is 18.2 Å². The summed E-state index contributed by atoms with van der Waals surface area (Å²) in [5.74, 6) is 3.51. The van der Waals surface area contributed by atoms with Crippen molar-refractivity contribution in [2.24, 2.45) is 17.8 Å². The molecule has 1 N–H and O–H groups in total. The second-order valence-corrected chi connectivity index (χ2v) is 9.48. The molecule has 0 unspecified atom stereocenters. The van der Waals surface area contributed by atoms with E-state index < -0.39 is 0 Å². The van der Waals surface area contributed by atoms with Gasteiger partial charge >= 0.3 is 0 Å². The molecule has 3 nitrogen and oxygen atoms in total. The van der Waals surface area contributed by atoms with Gasteiger partial charge in [0.2, 0.25) is 0 Å². The van der Waals surface area contributed by atoms with Crippen molar-refractivity contribution in [1.29, 1.82) is 0 Å². The molecule has 0 aliphatic heterocycles. The molecule has 1 heterocycles. The van der Waals surface area contributed by atoms with Gasteiger partial charge in [-0.25, -0.2) is 0 Å². The fraction of sp³-hybridized carbons (Fsp3) is 0.500. The summed E-state index contributed by atoms with van der Waals surface area (Å²) in [4.78, 5) is 13.7. The lowest BCUT2D eigenvalue weighted by molar-refractivity contribution is -0.0166. The van der Waals surface area contributed by atoms with Crippen LogP contribution in [0.3, 0.4) is 0 Å². The lowest BCUT2D eigenvalue weighted by Gasteiger charge is -2.56. The third-order valence-electron chi connectivity index (χ3n) is 6.44. The highest BCUT2D eigenvalue weighted by atomic mass is 32.1. The molecule has 1 amide bonds. The van der Waals surface area contributed by atoms with E-state index in [0.29, 0.717) is 6.61 Å². The summed E-state index contributed by atoms with van der Waals surface area (Å²) in [6, 6.07) is 11.8. The standard InChI is InChI=1S/C22H25NO2S/c24-21(23-22-10-15-6-16(11-22)8-17(7-15)12-22)20-9-18(14-26-20)13-25-19-4-2-1-3-5-19/h1-5,9,14-17H,6-8,10-13H2,(H,23,24). The number of hydrogen-bond acceptors (Lipinski definition) is 3. The molecular formula is C22H25NO2S. The quantitative estimate of drug-likeness (QED) is 0.805. The Bertz CT molecular complexity index is 762. The summed E-state index contributed by atoms with van der Waals surface area (Å²) in [6.07, 6.45) is 7.78. The molecule has 6 rings (SSSR count). The van der Waals surface area contributed by atoms with Crippen molar-refractivity contribution in [3.8, 4) is 5.75 Å². The number of thiophene rings is 1. The average molecular weight is 368 g/mol. The van der Waals surface area contributed by atoms with Crippen LogP contribution in [0.2, 0.25) is 0 Å². The van der Waals surface area contributed by atoms with E-state index in [9.17, 15) is 4.79 Å². The van der Waals surface area contributed by atoms with E-state index in [1.165, 1.54) is 49.9 Å². The molecule has 2 aromatic rings. The van der Waals surface area contributed by atoms with Gasteiger partial charge < -0.3 is 10.1 Å². The highest BCUT2D eigenvalue weighted by Crippen LogP contribution is 2.55. The van der Waals surface area contributed by atoms with Crippen LogP contribution in [0.4, 0.5) is 0 Å². The smallest absolute Gasteiger partial charge is 0.261 e. The van der Waals surface area contributed by atoms with E-state index in [1.54, 1.807) is 0 Å². The number of ether oxygens (including phenoxy) is 1. The molecule has 0 radical (unpaired) electrons. The molecule has 136 valence electrons. The van der Waals surface area contributed by atoms with Crippen LogP contribution in [-0.4, -0.2) is 11.4 Å². The van der Waals surface area contributed by atoms with Crippen LogP contribution < -0.4 is 10.1 Å². The first-order valence-electron chi connectivity index (χ1n) is 9.75. The van der Waals surface area contributed by atoms with E-state index in [-0.39, 0.29) is 11.4 Å². The topological polar surface area (TPSA) is 38.3 Å². The van der Waals surface area contributed by atoms with Crippen molar-refractivity contribution in [3.63, 3.8) is 0 Å². The molecule has 0 spiro atoms. The first kappa shape index (κ1) is 16.4. The normalized spacial score (nSPS) is 31.8. The van der Waals surface area contributed by atoms with Gasteiger partial charge in [-0.2, -0.15) is 0 Å². The molecule has 1 aromatic carbocycles. The predicted octanol–water partition coefficient (Wildman–Crippen LogP) is 5.03. The number of nitrogens with one attached hydrogen (secondary N) is 1. The minimum atomic E-state index is 0.0799. The number of carbonyl (C=O) groups excluding carboxylic acids is 1. The Labute approximate surface area is 158 Å². The van der Waals surface area contributed by atoms with E-state index in [4.69, 9.17) is 4.74 Å². The fourth-order valence-electron chi connectivity index (χ4n) is 5.82. The number of para-hydroxylation sites is 1. The average Bonchev–Trinajstić information content (AvgIpc) is 3.08. The fourth-order valence-corrected chi connectivity index (χ4v) is 6.61. The number of hydrogen-bond donors (Lipinski definition) is 1. The van der Waals surface area contributed by atoms with Crippen LogP contribution in [0.15, 0.2) is 41.8 Å². The second kappa shape index (κ2) is 6.41. The van der Waals surface area contributed by atoms with Gasteiger partial charge in [-0.3, -0.25) is 4.79 Å². The van der Waals surface area contributed by atoms with Crippen molar-refractivity contribution in [2.45, 2.75) is 50.7 Å². The monoisotopic (exact) mass is 367 g/mol. The van der Waals surface area contributed by atoms with Crippen LogP contribution in [0.5, 0.6) is 5.75 Å². The first-order chi connectivity index (χ1) is 12.7. The van der Waals surface area contributed by atoms with E-state index in [0.717, 1.165) is 33.9 Å². The van der Waals surface area contributed by atoms with Crippen molar-refractivity contribution in [2.75, 3.05) is 0 Å². The molecule has 4 heteroatoms. The summed E-state index contributed by atoms with van der Waals surface area (Å²) in [5, 5.41) is 5.50. The number of carbonyl (C=O) groups is 1. The Balaban J connectivity index is 1.23. The third kappa shape index (κ3) is 3.16. The SMILES string of the molecule is O=C(NC12CC3CC(CC(C3)C1)C2)c1cc(COc2ccccc2)cs1. The molecule has 26 heavy (non-hydrogen) atoms. The molecular weight excluding hydrogens is 342 g/mol.